The monoisotopic (exact) mass is 323 g/mol. The van der Waals surface area contributed by atoms with Crippen molar-refractivity contribution in [3.8, 4) is 0 Å². The summed E-state index contributed by atoms with van der Waals surface area (Å²) in [7, 11) is 0. The molecule has 4 heteroatoms. The molecule has 0 heterocycles. The van der Waals surface area contributed by atoms with E-state index in [9.17, 15) is 9.50 Å². The van der Waals surface area contributed by atoms with Crippen LogP contribution in [0.5, 0.6) is 0 Å². The summed E-state index contributed by atoms with van der Waals surface area (Å²) in [5, 5.41) is 12.6. The second-order valence-corrected chi connectivity index (χ2v) is 5.33. The highest BCUT2D eigenvalue weighted by Gasteiger charge is 2.15. The van der Waals surface area contributed by atoms with Crippen LogP contribution in [-0.2, 0) is 0 Å². The van der Waals surface area contributed by atoms with Gasteiger partial charge < -0.3 is 10.4 Å². The van der Waals surface area contributed by atoms with Crippen LogP contribution in [0.15, 0.2) is 46.9 Å². The number of aliphatic hydroxyl groups excluding tert-OH is 1. The Morgan fingerprint density at radius 3 is 2.68 bits per heavy atom. The molecule has 19 heavy (non-hydrogen) atoms. The fraction of sp³-hybridized carbons (Fsp3) is 0.200. The van der Waals surface area contributed by atoms with Gasteiger partial charge in [0, 0.05) is 15.7 Å². The largest absolute Gasteiger partial charge is 0.394 e. The molecule has 0 saturated carbocycles. The lowest BCUT2D eigenvalue weighted by Gasteiger charge is -2.19. The van der Waals surface area contributed by atoms with Gasteiger partial charge in [0.05, 0.1) is 12.6 Å². The third kappa shape index (κ3) is 3.55. The lowest BCUT2D eigenvalue weighted by atomic mass is 10.1. The molecule has 100 valence electrons. The summed E-state index contributed by atoms with van der Waals surface area (Å²) < 4.78 is 14.6. The Balaban J connectivity index is 2.25. The zero-order valence-electron chi connectivity index (χ0n) is 10.5. The molecule has 0 aliphatic rings. The molecule has 0 fully saturated rings. The topological polar surface area (TPSA) is 32.3 Å². The Hall–Kier alpha value is -1.39. The van der Waals surface area contributed by atoms with E-state index in [0.29, 0.717) is 10.0 Å². The molecule has 2 aromatic carbocycles. The van der Waals surface area contributed by atoms with Crippen molar-refractivity contribution in [3.05, 3.63) is 63.9 Å². The third-order valence-electron chi connectivity index (χ3n) is 2.88. The van der Waals surface area contributed by atoms with Gasteiger partial charge in [-0.15, -0.1) is 0 Å². The zero-order chi connectivity index (χ0) is 13.8. The van der Waals surface area contributed by atoms with Crippen LogP contribution < -0.4 is 5.32 Å². The molecule has 2 N–H and O–H groups in total. The first kappa shape index (κ1) is 14.0. The summed E-state index contributed by atoms with van der Waals surface area (Å²) in [6.45, 7) is 1.81. The van der Waals surface area contributed by atoms with E-state index in [1.54, 1.807) is 12.1 Å². The van der Waals surface area contributed by atoms with Gasteiger partial charge in [-0.2, -0.15) is 0 Å². The molecular weight excluding hydrogens is 309 g/mol. The van der Waals surface area contributed by atoms with Crippen molar-refractivity contribution in [3.63, 3.8) is 0 Å². The number of hydrogen-bond acceptors (Lipinski definition) is 2. The van der Waals surface area contributed by atoms with E-state index in [2.05, 4.69) is 21.2 Å². The van der Waals surface area contributed by atoms with Gasteiger partial charge in [0.2, 0.25) is 0 Å². The number of aryl methyl sites for hydroxylation is 1. The maximum absolute atomic E-state index is 13.9. The van der Waals surface area contributed by atoms with E-state index in [-0.39, 0.29) is 12.4 Å². The summed E-state index contributed by atoms with van der Waals surface area (Å²) in [5.41, 5.74) is 2.42. The van der Waals surface area contributed by atoms with Crippen LogP contribution in [0, 0.1) is 12.7 Å². The highest BCUT2D eigenvalue weighted by molar-refractivity contribution is 9.10. The summed E-state index contributed by atoms with van der Waals surface area (Å²) in [5.74, 6) is -0.339. The van der Waals surface area contributed by atoms with Gasteiger partial charge in [-0.05, 0) is 36.8 Å². The first-order chi connectivity index (χ1) is 9.10. The molecule has 0 aromatic heterocycles. The summed E-state index contributed by atoms with van der Waals surface area (Å²) in [6.07, 6.45) is 0. The van der Waals surface area contributed by atoms with Gasteiger partial charge in [-0.25, -0.2) is 4.39 Å². The quantitative estimate of drug-likeness (QED) is 0.889. The summed E-state index contributed by atoms with van der Waals surface area (Å²) in [4.78, 5) is 0. The van der Waals surface area contributed by atoms with E-state index in [4.69, 9.17) is 0 Å². The minimum absolute atomic E-state index is 0.174. The van der Waals surface area contributed by atoms with Crippen molar-refractivity contribution >= 4 is 21.6 Å². The molecule has 0 aliphatic carbocycles. The molecule has 2 nitrogen and oxygen atoms in total. The Morgan fingerprint density at radius 1 is 1.26 bits per heavy atom. The van der Waals surface area contributed by atoms with E-state index >= 15 is 0 Å². The van der Waals surface area contributed by atoms with E-state index in [0.717, 1.165) is 11.3 Å². The van der Waals surface area contributed by atoms with Gasteiger partial charge in [-0.3, -0.25) is 0 Å². The standard InChI is InChI=1S/C15H15BrFNO/c1-10-3-2-4-12(7-10)18-15(9-19)13-6-5-11(16)8-14(13)17/h2-8,15,18-19H,9H2,1H3. The Kier molecular flexibility index (Phi) is 4.56. The average molecular weight is 324 g/mol. The number of hydrogen-bond donors (Lipinski definition) is 2. The van der Waals surface area contributed by atoms with Crippen molar-refractivity contribution in [1.29, 1.82) is 0 Å². The predicted molar refractivity (Wildman–Crippen MR) is 78.7 cm³/mol. The Morgan fingerprint density at radius 2 is 2.05 bits per heavy atom. The molecule has 0 amide bonds. The molecule has 0 radical (unpaired) electrons. The third-order valence-corrected chi connectivity index (χ3v) is 3.37. The molecule has 0 aliphatic heterocycles. The fourth-order valence-electron chi connectivity index (χ4n) is 1.94. The first-order valence-electron chi connectivity index (χ1n) is 5.99. The minimum Gasteiger partial charge on any atom is -0.394 e. The molecule has 2 aromatic rings. The van der Waals surface area contributed by atoms with Gasteiger partial charge in [-0.1, -0.05) is 34.1 Å². The SMILES string of the molecule is Cc1cccc(NC(CO)c2ccc(Br)cc2F)c1. The number of benzene rings is 2. The van der Waals surface area contributed by atoms with E-state index in [1.165, 1.54) is 6.07 Å². The number of anilines is 1. The van der Waals surface area contributed by atoms with Crippen molar-refractivity contribution < 1.29 is 9.50 Å². The van der Waals surface area contributed by atoms with Crippen molar-refractivity contribution in [2.24, 2.45) is 0 Å². The van der Waals surface area contributed by atoms with Crippen LogP contribution in [0.4, 0.5) is 10.1 Å². The van der Waals surface area contributed by atoms with Crippen LogP contribution in [0.3, 0.4) is 0 Å². The van der Waals surface area contributed by atoms with Crippen LogP contribution in [-0.4, -0.2) is 11.7 Å². The molecule has 0 spiro atoms. The zero-order valence-corrected chi connectivity index (χ0v) is 12.1. The van der Waals surface area contributed by atoms with Gasteiger partial charge in [0.1, 0.15) is 5.82 Å². The molecule has 2 rings (SSSR count). The van der Waals surface area contributed by atoms with Crippen LogP contribution in [0.1, 0.15) is 17.2 Å². The highest BCUT2D eigenvalue weighted by atomic mass is 79.9. The molecule has 0 bridgehead atoms. The second kappa shape index (κ2) is 6.17. The maximum Gasteiger partial charge on any atom is 0.129 e. The normalized spacial score (nSPS) is 12.2. The van der Waals surface area contributed by atoms with Crippen molar-refractivity contribution in [2.45, 2.75) is 13.0 Å². The highest BCUT2D eigenvalue weighted by Crippen LogP contribution is 2.24. The predicted octanol–water partition coefficient (Wildman–Crippen LogP) is 4.04. The molecule has 1 unspecified atom stereocenters. The molecule has 0 saturated heterocycles. The van der Waals surface area contributed by atoms with Gasteiger partial charge in [0.25, 0.3) is 0 Å². The summed E-state index contributed by atoms with van der Waals surface area (Å²) >= 11 is 3.22. The van der Waals surface area contributed by atoms with Crippen molar-refractivity contribution in [1.82, 2.24) is 0 Å². The maximum atomic E-state index is 13.9. The number of nitrogens with one attached hydrogen (secondary N) is 1. The Bertz CT molecular complexity index is 574. The molecule has 1 atom stereocenters. The van der Waals surface area contributed by atoms with Crippen LogP contribution in [0.25, 0.3) is 0 Å². The number of aliphatic hydroxyl groups is 1. The Labute approximate surface area is 120 Å². The minimum atomic E-state index is -0.463. The number of halogens is 2. The smallest absolute Gasteiger partial charge is 0.129 e. The lowest BCUT2D eigenvalue weighted by Crippen LogP contribution is -2.16. The van der Waals surface area contributed by atoms with Gasteiger partial charge in [0.15, 0.2) is 0 Å². The number of rotatable bonds is 4. The van der Waals surface area contributed by atoms with E-state index < -0.39 is 6.04 Å². The van der Waals surface area contributed by atoms with Crippen LogP contribution >= 0.6 is 15.9 Å². The summed E-state index contributed by atoms with van der Waals surface area (Å²) in [6, 6.07) is 12.1. The van der Waals surface area contributed by atoms with Crippen LogP contribution in [0.2, 0.25) is 0 Å². The fourth-order valence-corrected chi connectivity index (χ4v) is 2.28. The second-order valence-electron chi connectivity index (χ2n) is 4.41. The average Bonchev–Trinajstić information content (AvgIpc) is 2.37. The van der Waals surface area contributed by atoms with Crippen molar-refractivity contribution in [2.75, 3.05) is 11.9 Å². The first-order valence-corrected chi connectivity index (χ1v) is 6.78. The van der Waals surface area contributed by atoms with Gasteiger partial charge >= 0.3 is 0 Å². The molecular formula is C15H15BrFNO. The van der Waals surface area contributed by atoms with E-state index in [1.807, 2.05) is 31.2 Å². The lowest BCUT2D eigenvalue weighted by molar-refractivity contribution is 0.274.